The molecule has 1 N–H and O–H groups in total. The van der Waals surface area contributed by atoms with Crippen molar-refractivity contribution in [1.82, 2.24) is 4.72 Å². The average molecular weight is 310 g/mol. The number of benzene rings is 1. The summed E-state index contributed by atoms with van der Waals surface area (Å²) >= 11 is 0. The van der Waals surface area contributed by atoms with Crippen LogP contribution in [-0.4, -0.2) is 33.0 Å². The number of nitrogens with one attached hydrogen (secondary N) is 1. The third kappa shape index (κ3) is 3.81. The molecule has 1 atom stereocenters. The number of aryl methyl sites for hydroxylation is 1. The van der Waals surface area contributed by atoms with Gasteiger partial charge >= 0.3 is 0 Å². The van der Waals surface area contributed by atoms with Crippen molar-refractivity contribution in [3.05, 3.63) is 29.8 Å². The van der Waals surface area contributed by atoms with Crippen LogP contribution in [0, 0.1) is 5.92 Å². The van der Waals surface area contributed by atoms with Crippen molar-refractivity contribution in [2.24, 2.45) is 5.92 Å². The van der Waals surface area contributed by atoms with Gasteiger partial charge in [0.25, 0.3) is 0 Å². The lowest BCUT2D eigenvalue weighted by molar-refractivity contribution is -0.124. The third-order valence-corrected chi connectivity index (χ3v) is 3.98. The molecule has 0 bridgehead atoms. The summed E-state index contributed by atoms with van der Waals surface area (Å²) in [5.41, 5.74) is 1.85. The SMILES string of the molecule is CCc1cccc(N2CC(C(=O)NS(C)(=O)=O)CC2=O)c1. The van der Waals surface area contributed by atoms with Crippen LogP contribution in [0.1, 0.15) is 18.9 Å². The van der Waals surface area contributed by atoms with Gasteiger partial charge in [-0.05, 0) is 24.1 Å². The van der Waals surface area contributed by atoms with Crippen molar-refractivity contribution in [2.45, 2.75) is 19.8 Å². The second kappa shape index (κ2) is 5.85. The van der Waals surface area contributed by atoms with Crippen LogP contribution in [0.15, 0.2) is 24.3 Å². The Balaban J connectivity index is 2.14. The summed E-state index contributed by atoms with van der Waals surface area (Å²) in [5, 5.41) is 0. The van der Waals surface area contributed by atoms with E-state index in [-0.39, 0.29) is 18.9 Å². The number of rotatable bonds is 4. The summed E-state index contributed by atoms with van der Waals surface area (Å²) in [7, 11) is -3.60. The van der Waals surface area contributed by atoms with Crippen LogP contribution in [0.3, 0.4) is 0 Å². The molecular weight excluding hydrogens is 292 g/mol. The Morgan fingerprint density at radius 3 is 2.76 bits per heavy atom. The van der Waals surface area contributed by atoms with Crippen LogP contribution in [0.2, 0.25) is 0 Å². The lowest BCUT2D eigenvalue weighted by atomic mass is 10.1. The minimum Gasteiger partial charge on any atom is -0.312 e. The van der Waals surface area contributed by atoms with Gasteiger partial charge in [-0.15, -0.1) is 0 Å². The van der Waals surface area contributed by atoms with E-state index >= 15 is 0 Å². The van der Waals surface area contributed by atoms with Crippen LogP contribution in [0.4, 0.5) is 5.69 Å². The van der Waals surface area contributed by atoms with Gasteiger partial charge in [0.2, 0.25) is 21.8 Å². The zero-order valence-corrected chi connectivity index (χ0v) is 12.8. The molecule has 6 nitrogen and oxygen atoms in total. The first kappa shape index (κ1) is 15.5. The summed E-state index contributed by atoms with van der Waals surface area (Å²) < 4.78 is 24.1. The lowest BCUT2D eigenvalue weighted by Crippen LogP contribution is -2.36. The van der Waals surface area contributed by atoms with Gasteiger partial charge in [-0.1, -0.05) is 19.1 Å². The molecular formula is C14H18N2O4S. The molecule has 2 amide bonds. The normalized spacial score (nSPS) is 18.9. The van der Waals surface area contributed by atoms with Crippen molar-refractivity contribution in [2.75, 3.05) is 17.7 Å². The van der Waals surface area contributed by atoms with Gasteiger partial charge in [0.05, 0.1) is 12.2 Å². The number of sulfonamides is 1. The molecule has 0 aromatic heterocycles. The highest BCUT2D eigenvalue weighted by Crippen LogP contribution is 2.26. The predicted octanol–water partition coefficient (Wildman–Crippen LogP) is 0.678. The maximum Gasteiger partial charge on any atom is 0.238 e. The Morgan fingerprint density at radius 2 is 2.14 bits per heavy atom. The summed E-state index contributed by atoms with van der Waals surface area (Å²) in [6.07, 6.45) is 1.80. The van der Waals surface area contributed by atoms with Gasteiger partial charge in [-0.2, -0.15) is 0 Å². The van der Waals surface area contributed by atoms with Gasteiger partial charge in [0.1, 0.15) is 0 Å². The second-order valence-electron chi connectivity index (χ2n) is 5.17. The molecule has 0 radical (unpaired) electrons. The van der Waals surface area contributed by atoms with Crippen molar-refractivity contribution >= 4 is 27.5 Å². The fourth-order valence-corrected chi connectivity index (χ4v) is 2.88. The molecule has 114 valence electrons. The smallest absolute Gasteiger partial charge is 0.238 e. The number of carbonyl (C=O) groups is 2. The zero-order chi connectivity index (χ0) is 15.6. The largest absolute Gasteiger partial charge is 0.312 e. The molecule has 1 saturated heterocycles. The van der Waals surface area contributed by atoms with E-state index < -0.39 is 21.8 Å². The zero-order valence-electron chi connectivity index (χ0n) is 12.0. The lowest BCUT2D eigenvalue weighted by Gasteiger charge is -2.17. The summed E-state index contributed by atoms with van der Waals surface area (Å²) in [6.45, 7) is 2.22. The van der Waals surface area contributed by atoms with Crippen molar-refractivity contribution in [1.29, 1.82) is 0 Å². The van der Waals surface area contributed by atoms with E-state index in [1.165, 1.54) is 4.90 Å². The van der Waals surface area contributed by atoms with E-state index in [9.17, 15) is 18.0 Å². The quantitative estimate of drug-likeness (QED) is 0.886. The minimum atomic E-state index is -3.60. The van der Waals surface area contributed by atoms with Crippen LogP contribution < -0.4 is 9.62 Å². The fourth-order valence-electron chi connectivity index (χ4n) is 2.34. The van der Waals surface area contributed by atoms with E-state index in [0.717, 1.165) is 23.9 Å². The molecule has 1 aliphatic rings. The molecule has 0 spiro atoms. The van der Waals surface area contributed by atoms with Crippen molar-refractivity contribution in [3.8, 4) is 0 Å². The number of hydrogen-bond acceptors (Lipinski definition) is 4. The average Bonchev–Trinajstić information content (AvgIpc) is 2.79. The Labute approximate surface area is 124 Å². The first-order chi connectivity index (χ1) is 9.80. The number of anilines is 1. The molecule has 1 heterocycles. The highest BCUT2D eigenvalue weighted by Gasteiger charge is 2.36. The number of nitrogens with zero attached hydrogens (tertiary/aromatic N) is 1. The molecule has 1 aromatic carbocycles. The second-order valence-corrected chi connectivity index (χ2v) is 6.92. The molecule has 1 fully saturated rings. The van der Waals surface area contributed by atoms with Gasteiger partial charge in [0.15, 0.2) is 0 Å². The molecule has 1 aromatic rings. The van der Waals surface area contributed by atoms with Crippen LogP contribution >= 0.6 is 0 Å². The van der Waals surface area contributed by atoms with Crippen LogP contribution in [0.5, 0.6) is 0 Å². The molecule has 1 unspecified atom stereocenters. The fraction of sp³-hybridized carbons (Fsp3) is 0.429. The number of amides is 2. The molecule has 0 saturated carbocycles. The standard InChI is InChI=1S/C14H18N2O4S/c1-3-10-5-4-6-12(7-10)16-9-11(8-13(16)17)14(18)15-21(2,19)20/h4-7,11H,3,8-9H2,1-2H3,(H,15,18). The molecule has 0 aliphatic carbocycles. The van der Waals surface area contributed by atoms with Crippen molar-refractivity contribution in [3.63, 3.8) is 0 Å². The number of carbonyl (C=O) groups excluding carboxylic acids is 2. The van der Waals surface area contributed by atoms with E-state index in [1.807, 2.05) is 35.9 Å². The van der Waals surface area contributed by atoms with E-state index in [0.29, 0.717) is 0 Å². The maximum atomic E-state index is 12.1. The van der Waals surface area contributed by atoms with E-state index in [2.05, 4.69) is 0 Å². The van der Waals surface area contributed by atoms with Gasteiger partial charge in [0, 0.05) is 18.7 Å². The molecule has 1 aliphatic heterocycles. The summed E-state index contributed by atoms with van der Waals surface area (Å²) in [4.78, 5) is 25.4. The first-order valence-corrected chi connectivity index (χ1v) is 8.60. The summed E-state index contributed by atoms with van der Waals surface area (Å²) in [6, 6.07) is 7.56. The Bertz CT molecular complexity index is 669. The monoisotopic (exact) mass is 310 g/mol. The Morgan fingerprint density at radius 1 is 1.43 bits per heavy atom. The Hall–Kier alpha value is -1.89. The molecule has 7 heteroatoms. The van der Waals surface area contributed by atoms with Crippen molar-refractivity contribution < 1.29 is 18.0 Å². The van der Waals surface area contributed by atoms with Gasteiger partial charge in [-0.3, -0.25) is 14.3 Å². The maximum absolute atomic E-state index is 12.1. The highest BCUT2D eigenvalue weighted by molar-refractivity contribution is 7.89. The molecule has 21 heavy (non-hydrogen) atoms. The Kier molecular flexibility index (Phi) is 4.32. The first-order valence-electron chi connectivity index (χ1n) is 6.71. The third-order valence-electron chi connectivity index (χ3n) is 3.41. The molecule has 2 rings (SSSR count). The highest BCUT2D eigenvalue weighted by atomic mass is 32.2. The van der Waals surface area contributed by atoms with E-state index in [4.69, 9.17) is 0 Å². The van der Waals surface area contributed by atoms with E-state index in [1.54, 1.807) is 0 Å². The van der Waals surface area contributed by atoms with Crippen LogP contribution in [0.25, 0.3) is 0 Å². The van der Waals surface area contributed by atoms with Crippen LogP contribution in [-0.2, 0) is 26.0 Å². The van der Waals surface area contributed by atoms with Gasteiger partial charge in [-0.25, -0.2) is 8.42 Å². The van der Waals surface area contributed by atoms with Gasteiger partial charge < -0.3 is 4.90 Å². The minimum absolute atomic E-state index is 0.0255. The predicted molar refractivity (Wildman–Crippen MR) is 79.3 cm³/mol. The topological polar surface area (TPSA) is 83.6 Å². The number of hydrogen-bond donors (Lipinski definition) is 1. The summed E-state index contributed by atoms with van der Waals surface area (Å²) in [5.74, 6) is -1.44.